The molecule has 194 valence electrons. The smallest absolute Gasteiger partial charge is 0.333 e. The fraction of sp³-hybridized carbons (Fsp3) is 0.286. The molecule has 1 aliphatic rings. The Labute approximate surface area is 228 Å². The highest BCUT2D eigenvalue weighted by atomic mass is 35.5. The Morgan fingerprint density at radius 2 is 1.84 bits per heavy atom. The van der Waals surface area contributed by atoms with Gasteiger partial charge in [-0.25, -0.2) is 4.79 Å². The monoisotopic (exact) mass is 548 g/mol. The van der Waals surface area contributed by atoms with Crippen LogP contribution in [-0.2, 0) is 6.54 Å². The molecule has 3 heterocycles. The van der Waals surface area contributed by atoms with Gasteiger partial charge in [0.2, 0.25) is 0 Å². The zero-order valence-corrected chi connectivity index (χ0v) is 22.3. The van der Waals surface area contributed by atoms with E-state index in [0.29, 0.717) is 33.9 Å². The van der Waals surface area contributed by atoms with Crippen molar-refractivity contribution in [3.63, 3.8) is 0 Å². The van der Waals surface area contributed by atoms with Crippen LogP contribution in [-0.4, -0.2) is 36.3 Å². The fourth-order valence-electron chi connectivity index (χ4n) is 5.50. The second-order valence-electron chi connectivity index (χ2n) is 9.94. The van der Waals surface area contributed by atoms with Crippen molar-refractivity contribution in [3.05, 3.63) is 86.6 Å². The number of carbonyl (C=O) groups is 1. The standard InChI is InChI=1S/C28H26Cl2N6O2/c1-16-22(12-18(29)14-31-16)27(37)32-19-8-6-17(7-9-19)15-35-24-4-2-3-5-25(24)36(28(35)38)20-10-11-21-23(13-20)33-34-26(21)30/h2-5,10-14,17,19H,6-9,15H2,1H3,(H,32,37)(H,33,34)/t17-,19-. The quantitative estimate of drug-likeness (QED) is 0.295. The van der Waals surface area contributed by atoms with E-state index in [9.17, 15) is 9.59 Å². The first kappa shape index (κ1) is 24.7. The summed E-state index contributed by atoms with van der Waals surface area (Å²) in [6, 6.07) is 15.3. The van der Waals surface area contributed by atoms with E-state index in [-0.39, 0.29) is 17.6 Å². The molecule has 0 aliphatic heterocycles. The van der Waals surface area contributed by atoms with Crippen molar-refractivity contribution in [1.82, 2.24) is 29.6 Å². The molecular formula is C28H26Cl2N6O2. The van der Waals surface area contributed by atoms with Crippen molar-refractivity contribution in [2.45, 2.75) is 45.2 Å². The number of pyridine rings is 1. The number of para-hydroxylation sites is 2. The van der Waals surface area contributed by atoms with E-state index >= 15 is 0 Å². The maximum Gasteiger partial charge on any atom is 0.333 e. The number of imidazole rings is 1. The van der Waals surface area contributed by atoms with Crippen molar-refractivity contribution < 1.29 is 4.79 Å². The minimum absolute atomic E-state index is 0.0736. The van der Waals surface area contributed by atoms with Crippen molar-refractivity contribution in [2.75, 3.05) is 0 Å². The van der Waals surface area contributed by atoms with Crippen LogP contribution in [0.25, 0.3) is 27.6 Å². The first-order valence-corrected chi connectivity index (χ1v) is 13.4. The molecule has 2 aromatic carbocycles. The van der Waals surface area contributed by atoms with Gasteiger partial charge in [-0.05, 0) is 74.9 Å². The number of halogens is 2. The SMILES string of the molecule is Cc1ncc(Cl)cc1C(=O)N[C@H]1CC[C@H](Cn2c(=O)n(-c3ccc4c(Cl)n[nH]c4c3)c3ccccc32)CC1. The fourth-order valence-corrected chi connectivity index (χ4v) is 5.86. The number of hydrogen-bond acceptors (Lipinski definition) is 4. The summed E-state index contributed by atoms with van der Waals surface area (Å²) in [6.45, 7) is 2.43. The third kappa shape index (κ3) is 4.48. The van der Waals surface area contributed by atoms with E-state index in [1.807, 2.05) is 47.0 Å². The van der Waals surface area contributed by atoms with Gasteiger partial charge in [0, 0.05) is 24.2 Å². The Hall–Kier alpha value is -3.62. The number of aromatic nitrogens is 5. The third-order valence-electron chi connectivity index (χ3n) is 7.51. The summed E-state index contributed by atoms with van der Waals surface area (Å²) in [7, 11) is 0. The number of rotatable bonds is 5. The number of H-pyrrole nitrogens is 1. The zero-order valence-electron chi connectivity index (χ0n) is 20.7. The summed E-state index contributed by atoms with van der Waals surface area (Å²) in [6.07, 6.45) is 5.09. The second-order valence-corrected chi connectivity index (χ2v) is 10.7. The van der Waals surface area contributed by atoms with Crippen LogP contribution in [0.3, 0.4) is 0 Å². The summed E-state index contributed by atoms with van der Waals surface area (Å²) in [4.78, 5) is 30.7. The Balaban J connectivity index is 1.20. The first-order chi connectivity index (χ1) is 18.4. The number of nitrogens with zero attached hydrogens (tertiary/aromatic N) is 4. The summed E-state index contributed by atoms with van der Waals surface area (Å²) in [5.41, 5.74) is 4.39. The molecule has 1 fully saturated rings. The molecular weight excluding hydrogens is 523 g/mol. The molecule has 2 N–H and O–H groups in total. The number of benzene rings is 2. The second kappa shape index (κ2) is 9.93. The predicted octanol–water partition coefficient (Wildman–Crippen LogP) is 5.67. The van der Waals surface area contributed by atoms with Gasteiger partial charge in [-0.3, -0.25) is 24.0 Å². The average Bonchev–Trinajstić information content (AvgIpc) is 3.42. The minimum atomic E-state index is -0.143. The molecule has 0 atom stereocenters. The van der Waals surface area contributed by atoms with Crippen molar-refractivity contribution in [2.24, 2.45) is 5.92 Å². The van der Waals surface area contributed by atoms with Crippen molar-refractivity contribution in [3.8, 4) is 5.69 Å². The number of fused-ring (bicyclic) bond motifs is 2. The van der Waals surface area contributed by atoms with Gasteiger partial charge in [-0.2, -0.15) is 5.10 Å². The van der Waals surface area contributed by atoms with E-state index in [1.54, 1.807) is 23.8 Å². The summed E-state index contributed by atoms with van der Waals surface area (Å²) < 4.78 is 3.63. The van der Waals surface area contributed by atoms with Crippen molar-refractivity contribution in [1.29, 1.82) is 0 Å². The average molecular weight is 549 g/mol. The van der Waals surface area contributed by atoms with E-state index < -0.39 is 0 Å². The van der Waals surface area contributed by atoms with Crippen LogP contribution in [0.15, 0.2) is 59.5 Å². The van der Waals surface area contributed by atoms with Crippen LogP contribution in [0.4, 0.5) is 0 Å². The van der Waals surface area contributed by atoms with Gasteiger partial charge in [-0.15, -0.1) is 0 Å². The van der Waals surface area contributed by atoms with Crippen LogP contribution in [0.2, 0.25) is 10.2 Å². The normalized spacial score (nSPS) is 17.8. The first-order valence-electron chi connectivity index (χ1n) is 12.7. The van der Waals surface area contributed by atoms with Crippen LogP contribution in [0.5, 0.6) is 0 Å². The van der Waals surface area contributed by atoms with Gasteiger partial charge in [0.1, 0.15) is 0 Å². The van der Waals surface area contributed by atoms with Gasteiger partial charge in [0.25, 0.3) is 5.91 Å². The number of carbonyl (C=O) groups excluding carboxylic acids is 1. The highest BCUT2D eigenvalue weighted by Crippen LogP contribution is 2.29. The molecule has 0 radical (unpaired) electrons. The third-order valence-corrected chi connectivity index (χ3v) is 8.01. The molecule has 0 saturated heterocycles. The molecule has 10 heteroatoms. The number of aromatic amines is 1. The lowest BCUT2D eigenvalue weighted by Gasteiger charge is -2.29. The summed E-state index contributed by atoms with van der Waals surface area (Å²) in [5, 5.41) is 11.8. The largest absolute Gasteiger partial charge is 0.349 e. The molecule has 0 unspecified atom stereocenters. The molecule has 1 saturated carbocycles. The minimum Gasteiger partial charge on any atom is -0.349 e. The topological polar surface area (TPSA) is 97.6 Å². The predicted molar refractivity (Wildman–Crippen MR) is 149 cm³/mol. The van der Waals surface area contributed by atoms with Gasteiger partial charge >= 0.3 is 5.69 Å². The van der Waals surface area contributed by atoms with E-state index in [1.165, 1.54) is 0 Å². The van der Waals surface area contributed by atoms with Gasteiger partial charge in [-0.1, -0.05) is 35.3 Å². The van der Waals surface area contributed by atoms with Crippen LogP contribution < -0.4 is 11.0 Å². The molecule has 0 bridgehead atoms. The van der Waals surface area contributed by atoms with E-state index in [2.05, 4.69) is 20.5 Å². The Kier molecular flexibility index (Phi) is 6.45. The number of hydrogen-bond donors (Lipinski definition) is 2. The number of aryl methyl sites for hydroxylation is 1. The van der Waals surface area contributed by atoms with Crippen LogP contribution in [0.1, 0.15) is 41.7 Å². The van der Waals surface area contributed by atoms with Gasteiger partial charge < -0.3 is 5.32 Å². The molecule has 6 rings (SSSR count). The number of nitrogens with one attached hydrogen (secondary N) is 2. The molecule has 0 spiro atoms. The highest BCUT2D eigenvalue weighted by molar-refractivity contribution is 6.34. The molecule has 5 aromatic rings. The van der Waals surface area contributed by atoms with E-state index in [4.69, 9.17) is 23.2 Å². The van der Waals surface area contributed by atoms with Gasteiger partial charge in [0.05, 0.1) is 38.5 Å². The lowest BCUT2D eigenvalue weighted by atomic mass is 9.85. The maximum absolute atomic E-state index is 13.7. The molecule has 38 heavy (non-hydrogen) atoms. The van der Waals surface area contributed by atoms with E-state index in [0.717, 1.165) is 53.3 Å². The molecule has 1 aliphatic carbocycles. The zero-order chi connectivity index (χ0) is 26.4. The Morgan fingerprint density at radius 1 is 1.08 bits per heavy atom. The lowest BCUT2D eigenvalue weighted by Crippen LogP contribution is -2.39. The Bertz CT molecular complexity index is 1730. The molecule has 8 nitrogen and oxygen atoms in total. The maximum atomic E-state index is 13.7. The van der Waals surface area contributed by atoms with Gasteiger partial charge in [0.15, 0.2) is 5.15 Å². The lowest BCUT2D eigenvalue weighted by molar-refractivity contribution is 0.0919. The summed E-state index contributed by atoms with van der Waals surface area (Å²) >= 11 is 12.2. The molecule has 3 aromatic heterocycles. The Morgan fingerprint density at radius 3 is 2.63 bits per heavy atom. The van der Waals surface area contributed by atoms with Crippen LogP contribution >= 0.6 is 23.2 Å². The highest BCUT2D eigenvalue weighted by Gasteiger charge is 2.26. The summed E-state index contributed by atoms with van der Waals surface area (Å²) in [5.74, 6) is 0.194. The van der Waals surface area contributed by atoms with Crippen molar-refractivity contribution >= 4 is 51.0 Å². The number of amides is 1. The van der Waals surface area contributed by atoms with Crippen LogP contribution in [0, 0.1) is 12.8 Å². The molecule has 1 amide bonds.